The van der Waals surface area contributed by atoms with Crippen LogP contribution in [0.15, 0.2) is 0 Å². The molecule has 2 aliphatic heterocycles. The molecule has 4 heteroatoms. The van der Waals surface area contributed by atoms with Crippen LogP contribution in [0.4, 0.5) is 0 Å². The van der Waals surface area contributed by atoms with Crippen molar-refractivity contribution in [2.24, 2.45) is 5.92 Å². The molecule has 0 radical (unpaired) electrons. The predicted molar refractivity (Wildman–Crippen MR) is 78.3 cm³/mol. The number of aliphatic hydroxyl groups excluding tert-OH is 1. The van der Waals surface area contributed by atoms with Gasteiger partial charge in [-0.05, 0) is 44.4 Å². The molecule has 3 fully saturated rings. The van der Waals surface area contributed by atoms with Crippen molar-refractivity contribution in [1.29, 1.82) is 0 Å². The Balaban J connectivity index is 1.53. The maximum atomic E-state index is 12.5. The van der Waals surface area contributed by atoms with Crippen LogP contribution in [0.25, 0.3) is 0 Å². The topological polar surface area (TPSA) is 52.6 Å². The van der Waals surface area contributed by atoms with Crippen molar-refractivity contribution in [3.8, 4) is 0 Å². The molecular weight excluding hydrogens is 252 g/mol. The van der Waals surface area contributed by atoms with Crippen LogP contribution < -0.4 is 5.32 Å². The molecule has 2 saturated heterocycles. The molecule has 0 aromatic heterocycles. The third-order valence-corrected chi connectivity index (χ3v) is 5.62. The highest BCUT2D eigenvalue weighted by atomic mass is 16.3. The average Bonchev–Trinajstić information content (AvgIpc) is 2.77. The minimum absolute atomic E-state index is 0.0506. The van der Waals surface area contributed by atoms with E-state index in [1.54, 1.807) is 0 Å². The van der Waals surface area contributed by atoms with E-state index in [0.29, 0.717) is 24.4 Å². The molecule has 1 saturated carbocycles. The fourth-order valence-corrected chi connectivity index (χ4v) is 4.46. The van der Waals surface area contributed by atoms with Gasteiger partial charge >= 0.3 is 0 Å². The second-order valence-corrected chi connectivity index (χ2v) is 7.10. The van der Waals surface area contributed by atoms with E-state index in [4.69, 9.17) is 0 Å². The summed E-state index contributed by atoms with van der Waals surface area (Å²) in [5, 5.41) is 13.7. The summed E-state index contributed by atoms with van der Waals surface area (Å²) in [5.74, 6) is 0.784. The summed E-state index contributed by atoms with van der Waals surface area (Å²) < 4.78 is 0. The summed E-state index contributed by atoms with van der Waals surface area (Å²) in [4.78, 5) is 14.3. The molecule has 0 aromatic rings. The van der Waals surface area contributed by atoms with E-state index >= 15 is 0 Å². The number of fused-ring (bicyclic) bond motifs is 2. The van der Waals surface area contributed by atoms with Gasteiger partial charge in [-0.15, -0.1) is 0 Å². The van der Waals surface area contributed by atoms with Crippen molar-refractivity contribution in [2.75, 3.05) is 7.05 Å². The molecule has 4 atom stereocenters. The van der Waals surface area contributed by atoms with E-state index in [2.05, 4.69) is 5.32 Å². The van der Waals surface area contributed by atoms with Crippen molar-refractivity contribution in [1.82, 2.24) is 10.2 Å². The molecule has 3 rings (SSSR count). The molecule has 0 aromatic carbocycles. The number of rotatable bonds is 3. The van der Waals surface area contributed by atoms with Crippen LogP contribution in [-0.2, 0) is 4.79 Å². The molecular formula is C16H28N2O2. The number of hydrogen-bond acceptors (Lipinski definition) is 3. The molecule has 4 unspecified atom stereocenters. The predicted octanol–water partition coefficient (Wildman–Crippen LogP) is 1.67. The summed E-state index contributed by atoms with van der Waals surface area (Å²) in [6, 6.07) is 1.35. The first-order valence-electron chi connectivity index (χ1n) is 8.33. The smallest absolute Gasteiger partial charge is 0.222 e. The number of carbonyl (C=O) groups is 1. The summed E-state index contributed by atoms with van der Waals surface area (Å²) >= 11 is 0. The van der Waals surface area contributed by atoms with E-state index in [1.807, 2.05) is 11.9 Å². The molecule has 1 amide bonds. The fourth-order valence-electron chi connectivity index (χ4n) is 4.46. The number of nitrogens with zero attached hydrogens (tertiary/aromatic N) is 1. The number of hydrogen-bond donors (Lipinski definition) is 2. The Morgan fingerprint density at radius 1 is 1.15 bits per heavy atom. The second kappa shape index (κ2) is 6.02. The van der Waals surface area contributed by atoms with E-state index in [9.17, 15) is 9.90 Å². The van der Waals surface area contributed by atoms with Gasteiger partial charge in [0.05, 0.1) is 12.1 Å². The van der Waals surface area contributed by atoms with Gasteiger partial charge in [-0.2, -0.15) is 0 Å². The number of carbonyl (C=O) groups excluding carboxylic acids is 1. The largest absolute Gasteiger partial charge is 0.391 e. The Kier molecular flexibility index (Phi) is 4.32. The first kappa shape index (κ1) is 14.3. The summed E-state index contributed by atoms with van der Waals surface area (Å²) in [5.41, 5.74) is 0. The molecule has 3 aliphatic rings. The van der Waals surface area contributed by atoms with Gasteiger partial charge in [0.1, 0.15) is 0 Å². The van der Waals surface area contributed by atoms with Crippen molar-refractivity contribution in [2.45, 2.75) is 82.0 Å². The van der Waals surface area contributed by atoms with Gasteiger partial charge in [0.15, 0.2) is 0 Å². The zero-order chi connectivity index (χ0) is 14.1. The lowest BCUT2D eigenvalue weighted by molar-refractivity contribution is -0.136. The zero-order valence-corrected chi connectivity index (χ0v) is 12.6. The summed E-state index contributed by atoms with van der Waals surface area (Å²) in [6.07, 6.45) is 9.27. The zero-order valence-electron chi connectivity index (χ0n) is 12.6. The van der Waals surface area contributed by atoms with Gasteiger partial charge in [-0.25, -0.2) is 0 Å². The second-order valence-electron chi connectivity index (χ2n) is 7.10. The highest BCUT2D eigenvalue weighted by molar-refractivity contribution is 5.76. The molecule has 1 aliphatic carbocycles. The third-order valence-electron chi connectivity index (χ3n) is 5.62. The van der Waals surface area contributed by atoms with Crippen molar-refractivity contribution < 1.29 is 9.90 Å². The van der Waals surface area contributed by atoms with Crippen LogP contribution in [0, 0.1) is 5.92 Å². The van der Waals surface area contributed by atoms with Gasteiger partial charge in [-0.1, -0.05) is 12.8 Å². The lowest BCUT2D eigenvalue weighted by Crippen LogP contribution is -2.47. The quantitative estimate of drug-likeness (QED) is 0.827. The minimum Gasteiger partial charge on any atom is -0.391 e. The standard InChI is InChI=1S/C16H28N2O2/c1-18(14-4-2-3-5-15(14)19)16(20)10-11-8-12-6-7-13(9-11)17-12/h11-15,17,19H,2-10H2,1H3. The Bertz CT molecular complexity index is 348. The monoisotopic (exact) mass is 280 g/mol. The van der Waals surface area contributed by atoms with Gasteiger partial charge in [0, 0.05) is 25.6 Å². The molecule has 20 heavy (non-hydrogen) atoms. The third kappa shape index (κ3) is 3.01. The number of piperidine rings is 1. The number of likely N-dealkylation sites (N-methyl/N-ethyl adjacent to an activating group) is 1. The maximum absolute atomic E-state index is 12.5. The van der Waals surface area contributed by atoms with Crippen LogP contribution in [0.2, 0.25) is 0 Å². The number of aliphatic hydroxyl groups is 1. The normalized spacial score (nSPS) is 40.6. The van der Waals surface area contributed by atoms with Crippen LogP contribution in [0.1, 0.15) is 57.8 Å². The summed E-state index contributed by atoms with van der Waals surface area (Å²) in [6.45, 7) is 0. The van der Waals surface area contributed by atoms with Gasteiger partial charge in [-0.3, -0.25) is 4.79 Å². The first-order chi connectivity index (χ1) is 9.63. The van der Waals surface area contributed by atoms with Gasteiger partial charge in [0.25, 0.3) is 0 Å². The van der Waals surface area contributed by atoms with Gasteiger partial charge in [0.2, 0.25) is 5.91 Å². The SMILES string of the molecule is CN(C(=O)CC1CC2CCC(C1)N2)C1CCCCC1O. The maximum Gasteiger partial charge on any atom is 0.222 e. The lowest BCUT2D eigenvalue weighted by atomic mass is 9.88. The fraction of sp³-hybridized carbons (Fsp3) is 0.938. The van der Waals surface area contributed by atoms with Crippen LogP contribution >= 0.6 is 0 Å². The Morgan fingerprint density at radius 2 is 1.80 bits per heavy atom. The van der Waals surface area contributed by atoms with Crippen molar-refractivity contribution >= 4 is 5.91 Å². The van der Waals surface area contributed by atoms with E-state index in [0.717, 1.165) is 38.5 Å². The molecule has 0 spiro atoms. The van der Waals surface area contributed by atoms with E-state index in [1.165, 1.54) is 12.8 Å². The van der Waals surface area contributed by atoms with E-state index in [-0.39, 0.29) is 18.1 Å². The number of nitrogens with one attached hydrogen (secondary N) is 1. The minimum atomic E-state index is -0.318. The molecule has 4 nitrogen and oxygen atoms in total. The van der Waals surface area contributed by atoms with Crippen LogP contribution in [0.5, 0.6) is 0 Å². The Hall–Kier alpha value is -0.610. The first-order valence-corrected chi connectivity index (χ1v) is 8.33. The average molecular weight is 280 g/mol. The molecule has 114 valence electrons. The van der Waals surface area contributed by atoms with Gasteiger partial charge < -0.3 is 15.3 Å². The van der Waals surface area contributed by atoms with Crippen LogP contribution in [0.3, 0.4) is 0 Å². The highest BCUT2D eigenvalue weighted by Gasteiger charge is 2.36. The molecule has 2 N–H and O–H groups in total. The van der Waals surface area contributed by atoms with Crippen molar-refractivity contribution in [3.63, 3.8) is 0 Å². The Labute approximate surface area is 121 Å². The summed E-state index contributed by atoms with van der Waals surface area (Å²) in [7, 11) is 1.89. The van der Waals surface area contributed by atoms with Crippen molar-refractivity contribution in [3.05, 3.63) is 0 Å². The number of amides is 1. The Morgan fingerprint density at radius 3 is 2.45 bits per heavy atom. The lowest BCUT2D eigenvalue weighted by Gasteiger charge is -2.36. The van der Waals surface area contributed by atoms with Crippen LogP contribution in [-0.4, -0.2) is 47.2 Å². The molecule has 2 bridgehead atoms. The highest BCUT2D eigenvalue weighted by Crippen LogP contribution is 2.33. The van der Waals surface area contributed by atoms with E-state index < -0.39 is 0 Å². The molecule has 2 heterocycles.